The highest BCUT2D eigenvalue weighted by atomic mass is 32.1. The second-order valence-electron chi connectivity index (χ2n) is 4.39. The molecule has 0 aliphatic rings. The lowest BCUT2D eigenvalue weighted by Gasteiger charge is -2.11. The largest absolute Gasteiger partial charge is 0.344 e. The SMILES string of the molecule is Cc1nc([C@@H](C)NC(=O)c2ccc3nnnn3c2)cs1. The standard InChI is InChI=1S/C12H12N6OS/c1-7(10-6-20-8(2)14-10)13-12(19)9-3-4-11-15-16-17-18(11)5-9/h3-7H,1-2H3,(H,13,19)/t7-/m1/s1. The molecule has 0 bridgehead atoms. The summed E-state index contributed by atoms with van der Waals surface area (Å²) in [5, 5.41) is 16.9. The van der Waals surface area contributed by atoms with Crippen molar-refractivity contribution in [3.63, 3.8) is 0 Å². The number of pyridine rings is 1. The summed E-state index contributed by atoms with van der Waals surface area (Å²) in [7, 11) is 0. The molecule has 0 saturated carbocycles. The summed E-state index contributed by atoms with van der Waals surface area (Å²) >= 11 is 1.57. The molecule has 0 aliphatic carbocycles. The molecule has 1 amide bonds. The quantitative estimate of drug-likeness (QED) is 0.787. The maximum atomic E-state index is 12.2. The Morgan fingerprint density at radius 1 is 1.45 bits per heavy atom. The van der Waals surface area contributed by atoms with Crippen LogP contribution in [0.4, 0.5) is 0 Å². The van der Waals surface area contributed by atoms with Crippen LogP contribution < -0.4 is 5.32 Å². The first-order valence-corrected chi connectivity index (χ1v) is 6.92. The molecule has 1 atom stereocenters. The fraction of sp³-hybridized carbons (Fsp3) is 0.250. The van der Waals surface area contributed by atoms with E-state index < -0.39 is 0 Å². The van der Waals surface area contributed by atoms with Gasteiger partial charge in [-0.3, -0.25) is 4.79 Å². The van der Waals surface area contributed by atoms with Crippen LogP contribution in [0.3, 0.4) is 0 Å². The molecule has 0 fully saturated rings. The molecule has 0 radical (unpaired) electrons. The van der Waals surface area contributed by atoms with Gasteiger partial charge < -0.3 is 5.32 Å². The molecule has 3 rings (SSSR count). The van der Waals surface area contributed by atoms with E-state index in [1.54, 1.807) is 29.7 Å². The van der Waals surface area contributed by atoms with Gasteiger partial charge in [0.25, 0.3) is 5.91 Å². The van der Waals surface area contributed by atoms with Gasteiger partial charge in [0.15, 0.2) is 5.65 Å². The Balaban J connectivity index is 1.78. The molecule has 0 aromatic carbocycles. The molecule has 0 unspecified atom stereocenters. The van der Waals surface area contributed by atoms with Crippen LogP contribution in [0.5, 0.6) is 0 Å². The number of thiazole rings is 1. The summed E-state index contributed by atoms with van der Waals surface area (Å²) in [6.07, 6.45) is 1.60. The van der Waals surface area contributed by atoms with Crippen molar-refractivity contribution in [2.75, 3.05) is 0 Å². The van der Waals surface area contributed by atoms with Crippen molar-refractivity contribution in [3.8, 4) is 0 Å². The van der Waals surface area contributed by atoms with Gasteiger partial charge in [-0.25, -0.2) is 4.98 Å². The van der Waals surface area contributed by atoms with E-state index in [4.69, 9.17) is 0 Å². The number of amides is 1. The van der Waals surface area contributed by atoms with Crippen molar-refractivity contribution in [1.29, 1.82) is 0 Å². The predicted octanol–water partition coefficient (Wildman–Crippen LogP) is 1.38. The van der Waals surface area contributed by atoms with Gasteiger partial charge in [0.05, 0.1) is 22.3 Å². The summed E-state index contributed by atoms with van der Waals surface area (Å²) in [5.41, 5.74) is 1.97. The minimum absolute atomic E-state index is 0.142. The second kappa shape index (κ2) is 4.97. The third-order valence-electron chi connectivity index (χ3n) is 2.88. The number of nitrogens with one attached hydrogen (secondary N) is 1. The van der Waals surface area contributed by atoms with E-state index in [9.17, 15) is 4.79 Å². The van der Waals surface area contributed by atoms with Gasteiger partial charge in [-0.05, 0) is 36.4 Å². The van der Waals surface area contributed by atoms with Gasteiger partial charge in [0.1, 0.15) is 0 Å². The lowest BCUT2D eigenvalue weighted by molar-refractivity contribution is 0.0938. The average Bonchev–Trinajstić information content (AvgIpc) is 3.05. The zero-order valence-corrected chi connectivity index (χ0v) is 11.8. The third-order valence-corrected chi connectivity index (χ3v) is 3.67. The molecule has 3 aromatic heterocycles. The van der Waals surface area contributed by atoms with Crippen LogP contribution in [-0.4, -0.2) is 30.9 Å². The predicted molar refractivity (Wildman–Crippen MR) is 73.5 cm³/mol. The van der Waals surface area contributed by atoms with E-state index >= 15 is 0 Å². The van der Waals surface area contributed by atoms with Gasteiger partial charge >= 0.3 is 0 Å². The number of rotatable bonds is 3. The van der Waals surface area contributed by atoms with Crippen LogP contribution in [-0.2, 0) is 0 Å². The Hall–Kier alpha value is -2.35. The highest BCUT2D eigenvalue weighted by Gasteiger charge is 2.14. The monoisotopic (exact) mass is 288 g/mol. The number of tetrazole rings is 1. The molecule has 0 aliphatic heterocycles. The minimum atomic E-state index is -0.180. The highest BCUT2D eigenvalue weighted by molar-refractivity contribution is 7.09. The van der Waals surface area contributed by atoms with Crippen molar-refractivity contribution in [2.45, 2.75) is 19.9 Å². The van der Waals surface area contributed by atoms with Crippen molar-refractivity contribution in [1.82, 2.24) is 30.3 Å². The zero-order chi connectivity index (χ0) is 14.1. The van der Waals surface area contributed by atoms with Gasteiger partial charge in [-0.15, -0.1) is 16.4 Å². The fourth-order valence-electron chi connectivity index (χ4n) is 1.81. The first-order chi connectivity index (χ1) is 9.63. The van der Waals surface area contributed by atoms with Crippen molar-refractivity contribution in [2.24, 2.45) is 0 Å². The molecule has 20 heavy (non-hydrogen) atoms. The number of carbonyl (C=O) groups excluding carboxylic acids is 1. The molecule has 8 heteroatoms. The lowest BCUT2D eigenvalue weighted by atomic mass is 10.2. The second-order valence-corrected chi connectivity index (χ2v) is 5.45. The van der Waals surface area contributed by atoms with Gasteiger partial charge in [-0.1, -0.05) is 0 Å². The first kappa shape index (κ1) is 12.7. The topological polar surface area (TPSA) is 85.1 Å². The van der Waals surface area contributed by atoms with E-state index in [0.717, 1.165) is 10.7 Å². The van der Waals surface area contributed by atoms with E-state index in [-0.39, 0.29) is 11.9 Å². The molecule has 3 heterocycles. The molecular weight excluding hydrogens is 276 g/mol. The summed E-state index contributed by atoms with van der Waals surface area (Å²) in [6.45, 7) is 3.84. The summed E-state index contributed by atoms with van der Waals surface area (Å²) in [4.78, 5) is 16.5. The van der Waals surface area contributed by atoms with Gasteiger partial charge in [0.2, 0.25) is 0 Å². The van der Waals surface area contributed by atoms with Crippen LogP contribution >= 0.6 is 11.3 Å². The highest BCUT2D eigenvalue weighted by Crippen LogP contribution is 2.16. The molecule has 0 spiro atoms. The van der Waals surface area contributed by atoms with Crippen LogP contribution in [0.15, 0.2) is 23.7 Å². The number of carbonyl (C=O) groups is 1. The van der Waals surface area contributed by atoms with Crippen molar-refractivity contribution < 1.29 is 4.79 Å². The number of hydrogen-bond acceptors (Lipinski definition) is 6. The smallest absolute Gasteiger partial charge is 0.253 e. The fourth-order valence-corrected chi connectivity index (χ4v) is 2.51. The average molecular weight is 288 g/mol. The van der Waals surface area contributed by atoms with Crippen molar-refractivity contribution in [3.05, 3.63) is 40.0 Å². The number of aryl methyl sites for hydroxylation is 1. The first-order valence-electron chi connectivity index (χ1n) is 6.04. The number of nitrogens with zero attached hydrogens (tertiary/aromatic N) is 5. The van der Waals surface area contributed by atoms with Crippen LogP contribution in [0, 0.1) is 6.92 Å². The Labute approximate surface area is 118 Å². The van der Waals surface area contributed by atoms with E-state index in [0.29, 0.717) is 11.2 Å². The molecular formula is C12H12N6OS. The normalized spacial score (nSPS) is 12.5. The Morgan fingerprint density at radius 3 is 3.05 bits per heavy atom. The van der Waals surface area contributed by atoms with Gasteiger partial charge in [0, 0.05) is 11.6 Å². The van der Waals surface area contributed by atoms with Crippen LogP contribution in [0.1, 0.15) is 34.0 Å². The Kier molecular flexibility index (Phi) is 3.15. The maximum absolute atomic E-state index is 12.2. The number of aromatic nitrogens is 5. The van der Waals surface area contributed by atoms with Crippen LogP contribution in [0.2, 0.25) is 0 Å². The third kappa shape index (κ3) is 2.37. The number of fused-ring (bicyclic) bond motifs is 1. The molecule has 7 nitrogen and oxygen atoms in total. The maximum Gasteiger partial charge on any atom is 0.253 e. The lowest BCUT2D eigenvalue weighted by Crippen LogP contribution is -2.27. The number of hydrogen-bond donors (Lipinski definition) is 1. The minimum Gasteiger partial charge on any atom is -0.344 e. The molecule has 1 N–H and O–H groups in total. The summed E-state index contributed by atoms with van der Waals surface area (Å²) in [5.74, 6) is -0.180. The summed E-state index contributed by atoms with van der Waals surface area (Å²) in [6, 6.07) is 3.25. The van der Waals surface area contributed by atoms with E-state index in [1.165, 1.54) is 4.52 Å². The molecule has 0 saturated heterocycles. The molecule has 3 aromatic rings. The van der Waals surface area contributed by atoms with E-state index in [2.05, 4.69) is 25.8 Å². The van der Waals surface area contributed by atoms with Crippen molar-refractivity contribution >= 4 is 22.9 Å². The zero-order valence-electron chi connectivity index (χ0n) is 10.9. The Morgan fingerprint density at radius 2 is 2.30 bits per heavy atom. The molecule has 102 valence electrons. The Bertz CT molecular complexity index is 764. The van der Waals surface area contributed by atoms with Crippen LogP contribution in [0.25, 0.3) is 5.65 Å². The summed E-state index contributed by atoms with van der Waals surface area (Å²) < 4.78 is 1.46. The van der Waals surface area contributed by atoms with E-state index in [1.807, 2.05) is 19.2 Å². The van der Waals surface area contributed by atoms with Gasteiger partial charge in [-0.2, -0.15) is 4.52 Å².